The zero-order valence-corrected chi connectivity index (χ0v) is 3.89. The van der Waals surface area contributed by atoms with Gasteiger partial charge in [-0.15, -0.1) is 5.48 Å². The molecule has 0 aromatic rings. The average molecular weight is 104 g/mol. The molecular formula is C3H8N2O2. The summed E-state index contributed by atoms with van der Waals surface area (Å²) in [6.07, 6.45) is -0.458. The van der Waals surface area contributed by atoms with Crippen LogP contribution in [-0.4, -0.2) is 12.3 Å². The van der Waals surface area contributed by atoms with E-state index in [1.807, 2.05) is 0 Å². The summed E-state index contributed by atoms with van der Waals surface area (Å²) in [5, 5.41) is 2.44. The summed E-state index contributed by atoms with van der Waals surface area (Å²) < 4.78 is 0. The Bertz CT molecular complexity index is 97.3. The van der Waals surface area contributed by atoms with Crippen LogP contribution in [0.15, 0.2) is 0 Å². The van der Waals surface area contributed by atoms with Crippen molar-refractivity contribution in [3.05, 3.63) is 0 Å². The van der Waals surface area contributed by atoms with Crippen molar-refractivity contribution in [3.63, 3.8) is 0 Å². The lowest BCUT2D eigenvalue weighted by molar-refractivity contribution is 0.124. The van der Waals surface area contributed by atoms with Gasteiger partial charge in [-0.2, -0.15) is 0 Å². The number of carbonyl (C=O) groups is 1. The Labute approximate surface area is 42.3 Å². The summed E-state index contributed by atoms with van der Waals surface area (Å²) in [7, 11) is 0. The minimum absolute atomic E-state index is 0. The van der Waals surface area contributed by atoms with E-state index in [4.69, 9.17) is 0 Å². The van der Waals surface area contributed by atoms with Gasteiger partial charge in [-0.05, 0) is 6.92 Å². The Hall–Kier alpha value is -0.770. The summed E-state index contributed by atoms with van der Waals surface area (Å²) in [5.41, 5.74) is 2.41. The standard InChI is InChI=1S/C3H6N2O2.H2/c1-2-4-3(6)7-5-2;/h2,5H,1H3,(H,4,6);1H. The Kier molecular flexibility index (Phi) is 0.867. The number of amides is 1. The molecule has 2 N–H and O–H groups in total. The van der Waals surface area contributed by atoms with Crippen molar-refractivity contribution < 1.29 is 11.1 Å². The van der Waals surface area contributed by atoms with E-state index in [0.717, 1.165) is 0 Å². The van der Waals surface area contributed by atoms with Gasteiger partial charge in [0, 0.05) is 1.43 Å². The van der Waals surface area contributed by atoms with E-state index in [1.165, 1.54) is 0 Å². The number of hydrogen-bond acceptors (Lipinski definition) is 3. The lowest BCUT2D eigenvalue weighted by Crippen LogP contribution is -2.27. The maximum atomic E-state index is 10.1. The van der Waals surface area contributed by atoms with Gasteiger partial charge in [0.2, 0.25) is 0 Å². The van der Waals surface area contributed by atoms with Gasteiger partial charge in [0.25, 0.3) is 0 Å². The molecule has 4 heteroatoms. The second-order valence-electron chi connectivity index (χ2n) is 1.37. The molecule has 42 valence electrons. The van der Waals surface area contributed by atoms with E-state index in [9.17, 15) is 4.79 Å². The largest absolute Gasteiger partial charge is 0.427 e. The lowest BCUT2D eigenvalue weighted by atomic mass is 10.6. The second-order valence-corrected chi connectivity index (χ2v) is 1.37. The third-order valence-electron chi connectivity index (χ3n) is 0.663. The van der Waals surface area contributed by atoms with E-state index < -0.39 is 6.09 Å². The molecule has 0 radical (unpaired) electrons. The van der Waals surface area contributed by atoms with Crippen molar-refractivity contribution >= 4 is 6.09 Å². The van der Waals surface area contributed by atoms with E-state index >= 15 is 0 Å². The van der Waals surface area contributed by atoms with Crippen molar-refractivity contribution in [1.29, 1.82) is 0 Å². The normalized spacial score (nSPS) is 29.3. The predicted molar refractivity (Wildman–Crippen MR) is 24.3 cm³/mol. The maximum absolute atomic E-state index is 10.1. The quantitative estimate of drug-likeness (QED) is 0.448. The van der Waals surface area contributed by atoms with Crippen molar-refractivity contribution in [2.45, 2.75) is 13.1 Å². The average Bonchev–Trinajstić information content (AvgIpc) is 1.87. The topological polar surface area (TPSA) is 50.4 Å². The third kappa shape index (κ3) is 0.806. The molecule has 0 saturated carbocycles. The van der Waals surface area contributed by atoms with Crippen LogP contribution in [0.5, 0.6) is 0 Å². The number of hydrogen-bond donors (Lipinski definition) is 2. The minimum Gasteiger partial charge on any atom is -0.352 e. The molecule has 0 spiro atoms. The van der Waals surface area contributed by atoms with E-state index in [0.29, 0.717) is 0 Å². The molecule has 1 rings (SSSR count). The summed E-state index contributed by atoms with van der Waals surface area (Å²) in [4.78, 5) is 14.3. The first-order chi connectivity index (χ1) is 3.29. The molecule has 1 aliphatic heterocycles. The Balaban J connectivity index is 0.000000490. The molecule has 0 aromatic heterocycles. The Morgan fingerprint density at radius 2 is 2.71 bits per heavy atom. The highest BCUT2D eigenvalue weighted by atomic mass is 16.7. The highest BCUT2D eigenvalue weighted by Gasteiger charge is 2.15. The first-order valence-electron chi connectivity index (χ1n) is 2.02. The molecule has 0 aromatic carbocycles. The third-order valence-corrected chi connectivity index (χ3v) is 0.663. The van der Waals surface area contributed by atoms with Gasteiger partial charge >= 0.3 is 6.09 Å². The summed E-state index contributed by atoms with van der Waals surface area (Å²) in [6, 6.07) is 0. The smallest absolute Gasteiger partial charge is 0.352 e. The number of hydroxylamine groups is 1. The highest BCUT2D eigenvalue weighted by molar-refractivity contribution is 5.68. The van der Waals surface area contributed by atoms with Gasteiger partial charge in [0.15, 0.2) is 0 Å². The van der Waals surface area contributed by atoms with Gasteiger partial charge < -0.3 is 10.2 Å². The monoisotopic (exact) mass is 104 g/mol. The van der Waals surface area contributed by atoms with Gasteiger partial charge in [0.1, 0.15) is 6.17 Å². The first kappa shape index (κ1) is 4.39. The summed E-state index contributed by atoms with van der Waals surface area (Å²) >= 11 is 0. The fraction of sp³-hybridized carbons (Fsp3) is 0.667. The first-order valence-corrected chi connectivity index (χ1v) is 2.02. The molecule has 1 heterocycles. The molecule has 4 nitrogen and oxygen atoms in total. The molecule has 1 atom stereocenters. The van der Waals surface area contributed by atoms with Gasteiger partial charge in [0.05, 0.1) is 0 Å². The van der Waals surface area contributed by atoms with E-state index in [1.54, 1.807) is 6.92 Å². The SMILES string of the molecule is CC1NOC(=O)N1.[HH]. The molecule has 1 aliphatic rings. The number of carbonyl (C=O) groups excluding carboxylic acids is 1. The molecule has 0 aliphatic carbocycles. The lowest BCUT2D eigenvalue weighted by Gasteiger charge is -1.92. The van der Waals surface area contributed by atoms with Crippen molar-refractivity contribution in [2.24, 2.45) is 0 Å². The Morgan fingerprint density at radius 3 is 2.86 bits per heavy atom. The van der Waals surface area contributed by atoms with Crippen LogP contribution < -0.4 is 10.8 Å². The van der Waals surface area contributed by atoms with Crippen LogP contribution in [0.25, 0.3) is 0 Å². The minimum atomic E-state index is -0.410. The molecule has 1 amide bonds. The maximum Gasteiger partial charge on any atom is 0.427 e. The van der Waals surface area contributed by atoms with Crippen molar-refractivity contribution in [1.82, 2.24) is 10.8 Å². The van der Waals surface area contributed by atoms with Crippen LogP contribution >= 0.6 is 0 Å². The zero-order valence-electron chi connectivity index (χ0n) is 3.89. The van der Waals surface area contributed by atoms with Crippen LogP contribution in [0, 0.1) is 0 Å². The van der Waals surface area contributed by atoms with Crippen LogP contribution in [0.2, 0.25) is 0 Å². The van der Waals surface area contributed by atoms with Gasteiger partial charge in [-0.3, -0.25) is 0 Å². The molecule has 1 fully saturated rings. The molecular weight excluding hydrogens is 96.0 g/mol. The van der Waals surface area contributed by atoms with Crippen LogP contribution in [0.3, 0.4) is 0 Å². The zero-order chi connectivity index (χ0) is 5.28. The molecule has 1 saturated heterocycles. The molecule has 7 heavy (non-hydrogen) atoms. The summed E-state index contributed by atoms with van der Waals surface area (Å²) in [5.74, 6) is 0. The predicted octanol–water partition coefficient (Wildman–Crippen LogP) is -0.177. The van der Waals surface area contributed by atoms with E-state index in [-0.39, 0.29) is 7.59 Å². The van der Waals surface area contributed by atoms with Crippen LogP contribution in [-0.2, 0) is 4.84 Å². The summed E-state index contributed by atoms with van der Waals surface area (Å²) in [6.45, 7) is 1.78. The number of rotatable bonds is 0. The number of nitrogens with one attached hydrogen (secondary N) is 2. The molecule has 1 unspecified atom stereocenters. The molecule has 0 bridgehead atoms. The Morgan fingerprint density at radius 1 is 2.00 bits per heavy atom. The second kappa shape index (κ2) is 1.38. The highest BCUT2D eigenvalue weighted by Crippen LogP contribution is 1.85. The van der Waals surface area contributed by atoms with Crippen LogP contribution in [0.4, 0.5) is 4.79 Å². The van der Waals surface area contributed by atoms with Crippen molar-refractivity contribution in [3.8, 4) is 0 Å². The van der Waals surface area contributed by atoms with Crippen molar-refractivity contribution in [2.75, 3.05) is 0 Å². The van der Waals surface area contributed by atoms with Crippen LogP contribution in [0.1, 0.15) is 8.35 Å². The fourth-order valence-corrected chi connectivity index (χ4v) is 0.378. The van der Waals surface area contributed by atoms with Gasteiger partial charge in [-0.25, -0.2) is 4.79 Å². The van der Waals surface area contributed by atoms with E-state index in [2.05, 4.69) is 15.6 Å². The fourth-order valence-electron chi connectivity index (χ4n) is 0.378. The van der Waals surface area contributed by atoms with Gasteiger partial charge in [-0.1, -0.05) is 0 Å².